The molecule has 0 radical (unpaired) electrons. The first-order chi connectivity index (χ1) is 23.7. The minimum atomic E-state index is -2.48. The smallest absolute Gasteiger partial charge is 0.123 e. The molecule has 7 aromatic rings. The fourth-order valence-corrected chi connectivity index (χ4v) is 13.6. The standard InChI is InChI=1S/C38H29N6PS3/c46-45(30-14-2-1-3-15-30)37(26-10-6-12-28(22-26)43-24-33(39-41-43)35-18-8-20-47-35)31-16-4-5-17-32(31)38(45)27-11-7-13-29(23-27)44-25-34(40-42-44)36-19-9-21-48-36/h1-3,6-15,18-25H,4-5,16-17H2. The van der Waals surface area contributed by atoms with Crippen LogP contribution in [0.25, 0.3) is 43.1 Å². The molecule has 0 bridgehead atoms. The zero-order valence-electron chi connectivity index (χ0n) is 25.8. The first kappa shape index (κ1) is 29.6. The predicted molar refractivity (Wildman–Crippen MR) is 202 cm³/mol. The van der Waals surface area contributed by atoms with Crippen LogP contribution >= 0.6 is 28.7 Å². The molecule has 0 atom stereocenters. The minimum Gasteiger partial charge on any atom is -0.220 e. The van der Waals surface area contributed by atoms with Crippen LogP contribution in [0, 0.1) is 0 Å². The molecule has 0 saturated heterocycles. The van der Waals surface area contributed by atoms with Crippen LogP contribution in [0.15, 0.2) is 137 Å². The van der Waals surface area contributed by atoms with Gasteiger partial charge in [-0.2, -0.15) is 0 Å². The van der Waals surface area contributed by atoms with E-state index in [9.17, 15) is 0 Å². The molecule has 9 rings (SSSR count). The molecule has 0 unspecified atom stereocenters. The number of allylic oxidation sites excluding steroid dienone is 2. The van der Waals surface area contributed by atoms with Crippen LogP contribution in [0.5, 0.6) is 0 Å². The van der Waals surface area contributed by atoms with Crippen molar-refractivity contribution in [3.8, 4) is 32.5 Å². The Morgan fingerprint density at radius 2 is 1.10 bits per heavy atom. The van der Waals surface area contributed by atoms with Crippen molar-refractivity contribution in [2.45, 2.75) is 25.7 Å². The molecule has 6 nitrogen and oxygen atoms in total. The van der Waals surface area contributed by atoms with Crippen molar-refractivity contribution in [1.29, 1.82) is 0 Å². The van der Waals surface area contributed by atoms with Crippen LogP contribution in [0.3, 0.4) is 0 Å². The molecule has 3 aromatic carbocycles. The molecular weight excluding hydrogens is 668 g/mol. The summed E-state index contributed by atoms with van der Waals surface area (Å²) in [6, 6.07) is 34.0. The van der Waals surface area contributed by atoms with Crippen molar-refractivity contribution >= 4 is 56.5 Å². The number of thiophene rings is 2. The maximum Gasteiger partial charge on any atom is 0.123 e. The van der Waals surface area contributed by atoms with Gasteiger partial charge in [-0.15, -0.1) is 32.9 Å². The van der Waals surface area contributed by atoms with Gasteiger partial charge in [0, 0.05) is 16.7 Å². The van der Waals surface area contributed by atoms with Crippen molar-refractivity contribution in [2.75, 3.05) is 0 Å². The van der Waals surface area contributed by atoms with Crippen molar-refractivity contribution < 1.29 is 0 Å². The highest BCUT2D eigenvalue weighted by Gasteiger charge is 2.42. The van der Waals surface area contributed by atoms with Gasteiger partial charge in [-0.25, -0.2) is 9.36 Å². The van der Waals surface area contributed by atoms with Crippen LogP contribution < -0.4 is 5.30 Å². The second kappa shape index (κ2) is 12.2. The SMILES string of the molecule is S=P1(c2ccccc2)C(c2cccc(-n3cc(-c4cccs4)nn3)c2)=C2CCCCC2=C1c1cccc(-n2cc(-c3cccs3)nn2)c1. The quantitative estimate of drug-likeness (QED) is 0.155. The first-order valence-corrected chi connectivity index (χ1v) is 20.5. The molecule has 234 valence electrons. The highest BCUT2D eigenvalue weighted by molar-refractivity contribution is 8.28. The third kappa shape index (κ3) is 5.01. The number of benzene rings is 3. The lowest BCUT2D eigenvalue weighted by atomic mass is 9.87. The zero-order chi connectivity index (χ0) is 32.1. The van der Waals surface area contributed by atoms with Crippen molar-refractivity contribution in [1.82, 2.24) is 30.0 Å². The fraction of sp³-hybridized carbons (Fsp3) is 0.105. The molecule has 1 fully saturated rings. The third-order valence-corrected chi connectivity index (χ3v) is 15.9. The van der Waals surface area contributed by atoms with Crippen LogP contribution in [-0.2, 0) is 11.8 Å². The molecule has 0 amide bonds. The summed E-state index contributed by atoms with van der Waals surface area (Å²) in [7, 11) is 0. The average Bonchev–Trinajstić information content (AvgIpc) is 3.98. The van der Waals surface area contributed by atoms with E-state index in [1.165, 1.54) is 38.2 Å². The van der Waals surface area contributed by atoms with E-state index in [0.29, 0.717) is 0 Å². The van der Waals surface area contributed by atoms with Gasteiger partial charge < -0.3 is 0 Å². The number of hydrogen-bond acceptors (Lipinski definition) is 7. The van der Waals surface area contributed by atoms with E-state index in [-0.39, 0.29) is 0 Å². The number of aromatic nitrogens is 6. The topological polar surface area (TPSA) is 61.4 Å². The molecule has 1 saturated carbocycles. The predicted octanol–water partition coefficient (Wildman–Crippen LogP) is 9.82. The van der Waals surface area contributed by atoms with E-state index >= 15 is 0 Å². The molecule has 1 aliphatic heterocycles. The molecule has 4 aromatic heterocycles. The lowest BCUT2D eigenvalue weighted by molar-refractivity contribution is 0.685. The zero-order valence-corrected chi connectivity index (χ0v) is 29.2. The first-order valence-electron chi connectivity index (χ1n) is 15.9. The Labute approximate surface area is 291 Å². The normalized spacial score (nSPS) is 15.7. The minimum absolute atomic E-state index is 0.876. The van der Waals surface area contributed by atoms with E-state index in [1.807, 2.05) is 33.9 Å². The lowest BCUT2D eigenvalue weighted by Gasteiger charge is -2.27. The monoisotopic (exact) mass is 696 g/mol. The summed E-state index contributed by atoms with van der Waals surface area (Å²) in [5, 5.41) is 26.0. The van der Waals surface area contributed by atoms with Crippen LogP contribution in [0.4, 0.5) is 0 Å². The van der Waals surface area contributed by atoms with Crippen LogP contribution in [-0.4, -0.2) is 30.0 Å². The number of fused-ring (bicyclic) bond motifs is 1. The van der Waals surface area contributed by atoms with Crippen molar-refractivity contribution in [3.63, 3.8) is 0 Å². The average molecular weight is 697 g/mol. The molecule has 10 heteroatoms. The van der Waals surface area contributed by atoms with Gasteiger partial charge in [0.2, 0.25) is 0 Å². The molecule has 5 heterocycles. The Hall–Kier alpha value is -4.53. The molecular formula is C38H29N6PS3. The maximum atomic E-state index is 7.12. The largest absolute Gasteiger partial charge is 0.220 e. The number of nitrogens with zero attached hydrogens (tertiary/aromatic N) is 6. The van der Waals surface area contributed by atoms with Gasteiger partial charge in [-0.1, -0.05) is 89.0 Å². The Kier molecular flexibility index (Phi) is 7.50. The maximum absolute atomic E-state index is 7.12. The van der Waals surface area contributed by atoms with E-state index < -0.39 is 6.04 Å². The van der Waals surface area contributed by atoms with Crippen molar-refractivity contribution in [3.05, 3.63) is 149 Å². The lowest BCUT2D eigenvalue weighted by Crippen LogP contribution is -2.07. The summed E-state index contributed by atoms with van der Waals surface area (Å²) >= 11 is 10.5. The van der Waals surface area contributed by atoms with Crippen LogP contribution in [0.1, 0.15) is 36.8 Å². The molecule has 1 aliphatic carbocycles. The second-order valence-electron chi connectivity index (χ2n) is 12.0. The summed E-state index contributed by atoms with van der Waals surface area (Å²) in [5.41, 5.74) is 8.92. The van der Waals surface area contributed by atoms with Crippen LogP contribution in [0.2, 0.25) is 0 Å². The molecule has 0 N–H and O–H groups in total. The highest BCUT2D eigenvalue weighted by Crippen LogP contribution is 2.75. The Morgan fingerprint density at radius 1 is 0.583 bits per heavy atom. The van der Waals surface area contributed by atoms with E-state index in [2.05, 4.69) is 122 Å². The summed E-state index contributed by atoms with van der Waals surface area (Å²) in [6.07, 6.45) is 8.42. The van der Waals surface area contributed by atoms with Gasteiger partial charge in [0.15, 0.2) is 0 Å². The summed E-state index contributed by atoms with van der Waals surface area (Å²) in [4.78, 5) is 2.21. The Balaban J connectivity index is 1.18. The van der Waals surface area contributed by atoms with Gasteiger partial charge in [0.1, 0.15) is 11.4 Å². The molecule has 0 spiro atoms. The van der Waals surface area contributed by atoms with Crippen molar-refractivity contribution in [2.24, 2.45) is 0 Å². The summed E-state index contributed by atoms with van der Waals surface area (Å²) in [5.74, 6) is 0. The number of hydrogen-bond donors (Lipinski definition) is 0. The second-order valence-corrected chi connectivity index (χ2v) is 18.1. The fourth-order valence-electron chi connectivity index (χ4n) is 6.97. The Bertz CT molecular complexity index is 2240. The van der Waals surface area contributed by atoms with Gasteiger partial charge in [0.05, 0.1) is 33.5 Å². The van der Waals surface area contributed by atoms with E-state index in [1.54, 1.807) is 22.7 Å². The Morgan fingerprint density at radius 3 is 1.58 bits per heavy atom. The van der Waals surface area contributed by atoms with Gasteiger partial charge in [-0.05, 0) is 100 Å². The van der Waals surface area contributed by atoms with E-state index in [0.717, 1.165) is 58.2 Å². The highest BCUT2D eigenvalue weighted by atomic mass is 32.4. The number of rotatable bonds is 7. The third-order valence-electron chi connectivity index (χ3n) is 9.09. The van der Waals surface area contributed by atoms with Gasteiger partial charge in [-0.3, -0.25) is 0 Å². The molecule has 48 heavy (non-hydrogen) atoms. The van der Waals surface area contributed by atoms with Gasteiger partial charge in [0.25, 0.3) is 0 Å². The van der Waals surface area contributed by atoms with Gasteiger partial charge >= 0.3 is 0 Å². The van der Waals surface area contributed by atoms with E-state index in [4.69, 9.17) is 11.8 Å². The summed E-state index contributed by atoms with van der Waals surface area (Å²) < 4.78 is 3.76. The summed E-state index contributed by atoms with van der Waals surface area (Å²) in [6.45, 7) is 0. The molecule has 2 aliphatic rings.